The first kappa shape index (κ1) is 10.3. The van der Waals surface area contributed by atoms with Gasteiger partial charge in [-0.25, -0.2) is 9.97 Å². The molecule has 0 aliphatic carbocycles. The normalized spacial score (nSPS) is 19.5. The van der Waals surface area contributed by atoms with Crippen molar-refractivity contribution in [1.82, 2.24) is 12.7 Å². The number of hydrogen-bond acceptors (Lipinski definition) is 4. The molecule has 0 saturated heterocycles. The van der Waals surface area contributed by atoms with Crippen molar-refractivity contribution in [2.75, 3.05) is 19.0 Å². The second-order valence-electron chi connectivity index (χ2n) is 3.76. The SMILES string of the molecule is COC1CCNc2ncnc3c2c1cn3I. The molecule has 3 rings (SSSR count). The highest BCUT2D eigenvalue weighted by molar-refractivity contribution is 14.1. The topological polar surface area (TPSA) is 52.0 Å². The monoisotopic (exact) mass is 330 g/mol. The number of rotatable bonds is 1. The van der Waals surface area contributed by atoms with Crippen LogP contribution in [0.4, 0.5) is 5.82 Å². The Labute approximate surface area is 107 Å². The molecule has 6 heteroatoms. The quantitative estimate of drug-likeness (QED) is 0.814. The van der Waals surface area contributed by atoms with Gasteiger partial charge >= 0.3 is 0 Å². The van der Waals surface area contributed by atoms with Crippen LogP contribution in [-0.4, -0.2) is 26.4 Å². The van der Waals surface area contributed by atoms with Crippen LogP contribution in [0.5, 0.6) is 0 Å². The highest BCUT2D eigenvalue weighted by Crippen LogP contribution is 2.36. The van der Waals surface area contributed by atoms with Crippen molar-refractivity contribution in [1.29, 1.82) is 0 Å². The average molecular weight is 330 g/mol. The van der Waals surface area contributed by atoms with E-state index in [4.69, 9.17) is 4.74 Å². The molecule has 3 heterocycles. The molecule has 5 nitrogen and oxygen atoms in total. The Balaban J connectivity index is 2.34. The van der Waals surface area contributed by atoms with Gasteiger partial charge in [0.1, 0.15) is 12.1 Å². The lowest BCUT2D eigenvalue weighted by Gasteiger charge is -2.11. The van der Waals surface area contributed by atoms with E-state index in [-0.39, 0.29) is 6.10 Å². The number of halogens is 1. The van der Waals surface area contributed by atoms with Crippen LogP contribution < -0.4 is 5.32 Å². The lowest BCUT2D eigenvalue weighted by atomic mass is 10.1. The summed E-state index contributed by atoms with van der Waals surface area (Å²) >= 11 is 2.23. The number of nitrogens with zero attached hydrogens (tertiary/aromatic N) is 3. The van der Waals surface area contributed by atoms with Crippen LogP contribution in [0.15, 0.2) is 12.5 Å². The first-order chi connectivity index (χ1) is 7.81. The molecule has 1 aliphatic rings. The second-order valence-corrected chi connectivity index (χ2v) is 4.80. The predicted molar refractivity (Wildman–Crippen MR) is 69.8 cm³/mol. The van der Waals surface area contributed by atoms with Crippen molar-refractivity contribution in [3.05, 3.63) is 18.1 Å². The Bertz CT molecular complexity index is 539. The fraction of sp³-hybridized carbons (Fsp3) is 0.400. The molecule has 0 radical (unpaired) electrons. The summed E-state index contributed by atoms with van der Waals surface area (Å²) < 4.78 is 7.51. The molecule has 1 N–H and O–H groups in total. The summed E-state index contributed by atoms with van der Waals surface area (Å²) in [6.07, 6.45) is 4.74. The Morgan fingerprint density at radius 1 is 1.56 bits per heavy atom. The summed E-state index contributed by atoms with van der Waals surface area (Å²) in [6.45, 7) is 0.876. The summed E-state index contributed by atoms with van der Waals surface area (Å²) in [6, 6.07) is 0. The first-order valence-corrected chi connectivity index (χ1v) is 6.06. The van der Waals surface area contributed by atoms with Gasteiger partial charge in [-0.2, -0.15) is 0 Å². The summed E-state index contributed by atoms with van der Waals surface area (Å²) in [7, 11) is 1.75. The van der Waals surface area contributed by atoms with Gasteiger partial charge in [-0.3, -0.25) is 2.78 Å². The summed E-state index contributed by atoms with van der Waals surface area (Å²) in [5, 5.41) is 4.40. The highest BCUT2D eigenvalue weighted by atomic mass is 127. The molecule has 0 bridgehead atoms. The molecule has 1 aliphatic heterocycles. The Hall–Kier alpha value is -0.890. The zero-order valence-corrected chi connectivity index (χ0v) is 10.9. The molecular weight excluding hydrogens is 319 g/mol. The van der Waals surface area contributed by atoms with Gasteiger partial charge in [0, 0.05) is 25.4 Å². The van der Waals surface area contributed by atoms with Gasteiger partial charge in [0.25, 0.3) is 0 Å². The van der Waals surface area contributed by atoms with Gasteiger partial charge in [-0.15, -0.1) is 0 Å². The number of aromatic nitrogens is 3. The number of nitrogens with one attached hydrogen (secondary N) is 1. The number of anilines is 1. The Morgan fingerprint density at radius 2 is 2.44 bits per heavy atom. The summed E-state index contributed by atoms with van der Waals surface area (Å²) in [4.78, 5) is 8.59. The lowest BCUT2D eigenvalue weighted by Crippen LogP contribution is -2.06. The van der Waals surface area contributed by atoms with Crippen molar-refractivity contribution in [3.8, 4) is 0 Å². The van der Waals surface area contributed by atoms with Crippen LogP contribution in [0.2, 0.25) is 0 Å². The van der Waals surface area contributed by atoms with Gasteiger partial charge in [0.05, 0.1) is 34.4 Å². The molecule has 1 atom stereocenters. The van der Waals surface area contributed by atoms with E-state index in [2.05, 4.69) is 44.3 Å². The van der Waals surface area contributed by atoms with Gasteiger partial charge in [0.2, 0.25) is 0 Å². The van der Waals surface area contributed by atoms with Crippen molar-refractivity contribution in [2.24, 2.45) is 0 Å². The maximum atomic E-state index is 5.52. The maximum Gasteiger partial charge on any atom is 0.154 e. The minimum Gasteiger partial charge on any atom is -0.377 e. The van der Waals surface area contributed by atoms with Crippen LogP contribution in [0.25, 0.3) is 11.0 Å². The maximum absolute atomic E-state index is 5.52. The van der Waals surface area contributed by atoms with Crippen molar-refractivity contribution in [2.45, 2.75) is 12.5 Å². The first-order valence-electron chi connectivity index (χ1n) is 5.10. The number of methoxy groups -OCH3 is 1. The molecule has 2 aromatic rings. The molecule has 2 aromatic heterocycles. The predicted octanol–water partition coefficient (Wildman–Crippen LogP) is 2.13. The fourth-order valence-electron chi connectivity index (χ4n) is 2.15. The largest absolute Gasteiger partial charge is 0.377 e. The molecule has 0 fully saturated rings. The number of hydrogen-bond donors (Lipinski definition) is 1. The Morgan fingerprint density at radius 3 is 3.25 bits per heavy atom. The molecule has 16 heavy (non-hydrogen) atoms. The molecule has 0 aromatic carbocycles. The van der Waals surface area contributed by atoms with Crippen LogP contribution in [0, 0.1) is 0 Å². The van der Waals surface area contributed by atoms with Gasteiger partial charge in [-0.05, 0) is 6.42 Å². The van der Waals surface area contributed by atoms with E-state index in [1.165, 1.54) is 5.56 Å². The average Bonchev–Trinajstić information content (AvgIpc) is 2.54. The van der Waals surface area contributed by atoms with Crippen molar-refractivity contribution >= 4 is 39.7 Å². The van der Waals surface area contributed by atoms with Gasteiger partial charge in [0.15, 0.2) is 5.65 Å². The molecular formula is C10H11IN4O. The van der Waals surface area contributed by atoms with E-state index in [0.29, 0.717) is 0 Å². The highest BCUT2D eigenvalue weighted by Gasteiger charge is 2.23. The van der Waals surface area contributed by atoms with Gasteiger partial charge < -0.3 is 10.1 Å². The van der Waals surface area contributed by atoms with E-state index in [0.717, 1.165) is 29.8 Å². The molecule has 84 valence electrons. The minimum atomic E-state index is 0.123. The zero-order chi connectivity index (χ0) is 11.1. The molecule has 1 unspecified atom stereocenters. The third-order valence-corrected chi connectivity index (χ3v) is 3.64. The van der Waals surface area contributed by atoms with Crippen molar-refractivity contribution in [3.63, 3.8) is 0 Å². The van der Waals surface area contributed by atoms with E-state index < -0.39 is 0 Å². The van der Waals surface area contributed by atoms with Crippen LogP contribution in [0.1, 0.15) is 18.1 Å². The van der Waals surface area contributed by atoms with Crippen molar-refractivity contribution < 1.29 is 4.74 Å². The van der Waals surface area contributed by atoms with E-state index in [1.807, 2.05) is 2.78 Å². The lowest BCUT2D eigenvalue weighted by molar-refractivity contribution is 0.100. The second kappa shape index (κ2) is 3.85. The van der Waals surface area contributed by atoms with E-state index >= 15 is 0 Å². The van der Waals surface area contributed by atoms with Crippen LogP contribution in [-0.2, 0) is 4.74 Å². The van der Waals surface area contributed by atoms with Crippen LogP contribution in [0.3, 0.4) is 0 Å². The van der Waals surface area contributed by atoms with Crippen LogP contribution >= 0.6 is 22.9 Å². The van der Waals surface area contributed by atoms with E-state index in [1.54, 1.807) is 13.4 Å². The molecule has 0 saturated carbocycles. The zero-order valence-electron chi connectivity index (χ0n) is 8.77. The fourth-order valence-corrected chi connectivity index (χ4v) is 2.82. The summed E-state index contributed by atoms with van der Waals surface area (Å²) in [5.41, 5.74) is 2.12. The molecule has 0 spiro atoms. The van der Waals surface area contributed by atoms with Gasteiger partial charge in [-0.1, -0.05) is 0 Å². The molecule has 0 amide bonds. The standard InChI is InChI=1S/C10H11IN4O/c1-16-7-2-3-12-9-8-6(7)4-15(11)10(8)14-5-13-9/h4-5,7H,2-3H2,1H3,(H,12,13,14). The third-order valence-electron chi connectivity index (χ3n) is 2.90. The smallest absolute Gasteiger partial charge is 0.154 e. The third kappa shape index (κ3) is 1.40. The summed E-state index contributed by atoms with van der Waals surface area (Å²) in [5.74, 6) is 0.912. The van der Waals surface area contributed by atoms with E-state index in [9.17, 15) is 0 Å². The minimum absolute atomic E-state index is 0.123. The number of ether oxygens (including phenoxy) is 1. The Kier molecular flexibility index (Phi) is 2.47.